The van der Waals surface area contributed by atoms with Gasteiger partial charge in [0, 0.05) is 0 Å². The van der Waals surface area contributed by atoms with Crippen molar-refractivity contribution >= 4 is 23.1 Å². The van der Waals surface area contributed by atoms with E-state index in [1.54, 1.807) is 0 Å². The van der Waals surface area contributed by atoms with E-state index in [4.69, 9.17) is 0 Å². The minimum atomic E-state index is 0. The van der Waals surface area contributed by atoms with Crippen LogP contribution in [0.15, 0.2) is 0 Å². The standard InChI is InChI=1S/C9H19.ClH.Mg/c1-8(2)6-5-7-9(3)4;;/h8-9H,1,5-7H2,2-4H3;1H;/q-1;;+2/p-1. The molecule has 0 aliphatic rings. The second kappa shape index (κ2) is 11.1. The predicted molar refractivity (Wildman–Crippen MR) is 49.0 cm³/mol. The largest absolute Gasteiger partial charge is 2.00 e. The molecule has 0 aliphatic carbocycles. The zero-order valence-electron chi connectivity index (χ0n) is 8.07. The third-order valence-corrected chi connectivity index (χ3v) is 1.48. The Morgan fingerprint density at radius 1 is 1.09 bits per heavy atom. The SMILES string of the molecule is [CH2-]C(C)CCCC(C)C.[Cl-].[Mg+2]. The van der Waals surface area contributed by atoms with Gasteiger partial charge in [-0.1, -0.05) is 40.0 Å². The number of hydrogen-bond donors (Lipinski definition) is 0. The van der Waals surface area contributed by atoms with Gasteiger partial charge in [-0.2, -0.15) is 5.92 Å². The van der Waals surface area contributed by atoms with Crippen molar-refractivity contribution in [2.75, 3.05) is 0 Å². The molecule has 1 atom stereocenters. The molecule has 0 aromatic rings. The first-order chi connectivity index (χ1) is 4.13. The monoisotopic (exact) mass is 186 g/mol. The molecule has 0 radical (unpaired) electrons. The molecule has 0 spiro atoms. The van der Waals surface area contributed by atoms with Crippen LogP contribution in [-0.4, -0.2) is 23.1 Å². The first kappa shape index (κ1) is 18.0. The maximum atomic E-state index is 3.94. The van der Waals surface area contributed by atoms with Gasteiger partial charge in [-0.25, -0.2) is 0 Å². The van der Waals surface area contributed by atoms with E-state index in [0.29, 0.717) is 5.92 Å². The van der Waals surface area contributed by atoms with Gasteiger partial charge in [0.1, 0.15) is 0 Å². The van der Waals surface area contributed by atoms with Crippen LogP contribution in [0.2, 0.25) is 0 Å². The molecular formula is C9H19ClMg. The van der Waals surface area contributed by atoms with Gasteiger partial charge in [0.15, 0.2) is 0 Å². The van der Waals surface area contributed by atoms with Crippen molar-refractivity contribution in [3.63, 3.8) is 0 Å². The van der Waals surface area contributed by atoms with Crippen LogP contribution in [-0.2, 0) is 0 Å². The summed E-state index contributed by atoms with van der Waals surface area (Å²) >= 11 is 0. The molecule has 0 bridgehead atoms. The molecule has 11 heavy (non-hydrogen) atoms. The second-order valence-corrected chi connectivity index (χ2v) is 3.43. The normalized spacial score (nSPS) is 11.7. The topological polar surface area (TPSA) is 0 Å². The van der Waals surface area contributed by atoms with Crippen molar-refractivity contribution in [1.82, 2.24) is 0 Å². The van der Waals surface area contributed by atoms with Gasteiger partial charge >= 0.3 is 23.1 Å². The molecule has 0 aromatic heterocycles. The summed E-state index contributed by atoms with van der Waals surface area (Å²) in [4.78, 5) is 0. The van der Waals surface area contributed by atoms with Crippen LogP contribution in [0.25, 0.3) is 0 Å². The molecule has 0 N–H and O–H groups in total. The van der Waals surface area contributed by atoms with E-state index in [9.17, 15) is 0 Å². The van der Waals surface area contributed by atoms with Crippen molar-refractivity contribution in [2.45, 2.75) is 40.0 Å². The van der Waals surface area contributed by atoms with Gasteiger partial charge in [0.25, 0.3) is 0 Å². The predicted octanol–water partition coefficient (Wildman–Crippen LogP) is -0.0939. The smallest absolute Gasteiger partial charge is 1.00 e. The zero-order valence-corrected chi connectivity index (χ0v) is 10.2. The summed E-state index contributed by atoms with van der Waals surface area (Å²) in [5.74, 6) is 1.51. The van der Waals surface area contributed by atoms with Crippen LogP contribution in [0.1, 0.15) is 40.0 Å². The zero-order chi connectivity index (χ0) is 7.28. The minimum absolute atomic E-state index is 0. The maximum absolute atomic E-state index is 3.94. The summed E-state index contributed by atoms with van der Waals surface area (Å²) in [5.41, 5.74) is 0. The van der Waals surface area contributed by atoms with E-state index in [-0.39, 0.29) is 35.5 Å². The summed E-state index contributed by atoms with van der Waals surface area (Å²) in [6.07, 6.45) is 4.00. The molecule has 0 saturated carbocycles. The Morgan fingerprint density at radius 3 is 1.82 bits per heavy atom. The Morgan fingerprint density at radius 2 is 1.55 bits per heavy atom. The fraction of sp³-hybridized carbons (Fsp3) is 0.889. The van der Waals surface area contributed by atoms with Crippen molar-refractivity contribution in [1.29, 1.82) is 0 Å². The molecule has 2 heteroatoms. The van der Waals surface area contributed by atoms with E-state index in [0.717, 1.165) is 5.92 Å². The number of rotatable bonds is 4. The fourth-order valence-corrected chi connectivity index (χ4v) is 0.875. The summed E-state index contributed by atoms with van der Waals surface area (Å²) < 4.78 is 0. The molecule has 1 unspecified atom stereocenters. The number of hydrogen-bond acceptors (Lipinski definition) is 0. The average molecular weight is 187 g/mol. The minimum Gasteiger partial charge on any atom is -1.00 e. The molecule has 0 amide bonds. The van der Waals surface area contributed by atoms with E-state index in [2.05, 4.69) is 27.7 Å². The average Bonchev–Trinajstić information content (AvgIpc) is 1.63. The van der Waals surface area contributed by atoms with E-state index >= 15 is 0 Å². The maximum Gasteiger partial charge on any atom is 2.00 e. The third kappa shape index (κ3) is 18.2. The van der Waals surface area contributed by atoms with E-state index in [1.165, 1.54) is 19.3 Å². The van der Waals surface area contributed by atoms with Gasteiger partial charge in [0.05, 0.1) is 0 Å². The van der Waals surface area contributed by atoms with Crippen molar-refractivity contribution in [3.05, 3.63) is 6.92 Å². The molecule has 64 valence electrons. The summed E-state index contributed by atoms with van der Waals surface area (Å²) in [6, 6.07) is 0. The van der Waals surface area contributed by atoms with E-state index < -0.39 is 0 Å². The molecule has 0 nitrogen and oxygen atoms in total. The Labute approximate surface area is 94.1 Å². The molecule has 0 aromatic carbocycles. The van der Waals surface area contributed by atoms with Gasteiger partial charge in [0.2, 0.25) is 0 Å². The summed E-state index contributed by atoms with van der Waals surface area (Å²) in [5, 5.41) is 0. The Hall–Kier alpha value is 1.06. The third-order valence-electron chi connectivity index (χ3n) is 1.48. The fourth-order valence-electron chi connectivity index (χ4n) is 0.875. The first-order valence-corrected chi connectivity index (χ1v) is 3.96. The Balaban J connectivity index is -0.000000320. The van der Waals surface area contributed by atoms with Crippen LogP contribution in [0, 0.1) is 18.8 Å². The van der Waals surface area contributed by atoms with Crippen LogP contribution >= 0.6 is 0 Å². The molecule has 0 fully saturated rings. The van der Waals surface area contributed by atoms with Crippen molar-refractivity contribution < 1.29 is 12.4 Å². The van der Waals surface area contributed by atoms with Crippen LogP contribution in [0.4, 0.5) is 0 Å². The van der Waals surface area contributed by atoms with Gasteiger partial charge in [-0.05, 0) is 5.92 Å². The van der Waals surface area contributed by atoms with Crippen LogP contribution < -0.4 is 12.4 Å². The molecule has 0 aliphatic heterocycles. The second-order valence-electron chi connectivity index (χ2n) is 3.43. The van der Waals surface area contributed by atoms with Crippen LogP contribution in [0.5, 0.6) is 0 Å². The first-order valence-electron chi connectivity index (χ1n) is 3.96. The number of halogens is 1. The van der Waals surface area contributed by atoms with Crippen LogP contribution in [0.3, 0.4) is 0 Å². The van der Waals surface area contributed by atoms with Gasteiger partial charge in [-0.15, -0.1) is 0 Å². The quantitative estimate of drug-likeness (QED) is 0.426. The summed E-state index contributed by atoms with van der Waals surface area (Å²) in [6.45, 7) is 10.7. The van der Waals surface area contributed by atoms with E-state index in [1.807, 2.05) is 0 Å². The molecule has 0 heterocycles. The molecular weight excluding hydrogens is 168 g/mol. The van der Waals surface area contributed by atoms with Crippen molar-refractivity contribution in [3.8, 4) is 0 Å². The Kier molecular flexibility index (Phi) is 18.1. The molecule has 0 saturated heterocycles. The van der Waals surface area contributed by atoms with Crippen molar-refractivity contribution in [2.24, 2.45) is 11.8 Å². The Bertz CT molecular complexity index is 54.6. The molecule has 0 rings (SSSR count). The van der Waals surface area contributed by atoms with Gasteiger partial charge in [-0.3, -0.25) is 0 Å². The summed E-state index contributed by atoms with van der Waals surface area (Å²) in [7, 11) is 0. The van der Waals surface area contributed by atoms with Gasteiger partial charge < -0.3 is 19.3 Å².